The predicted molar refractivity (Wildman–Crippen MR) is 83.6 cm³/mol. The lowest BCUT2D eigenvalue weighted by molar-refractivity contribution is -0.136. The molecule has 2 N–H and O–H groups in total. The number of amides is 1. The Labute approximate surface area is 138 Å². The molecule has 0 aliphatic rings. The molecule has 0 saturated heterocycles. The van der Waals surface area contributed by atoms with Gasteiger partial charge in [-0.1, -0.05) is 30.3 Å². The smallest absolute Gasteiger partial charge is 0.319 e. The zero-order valence-electron chi connectivity index (χ0n) is 12.5. The number of hydrogen-bond acceptors (Lipinski definition) is 3. The number of alkyl halides is 3. The molecule has 0 fully saturated rings. The van der Waals surface area contributed by atoms with Gasteiger partial charge in [0.15, 0.2) is 0 Å². The average molecular weight is 348 g/mol. The number of aromatic amines is 1. The van der Waals surface area contributed by atoms with Crippen molar-refractivity contribution in [3.63, 3.8) is 0 Å². The Bertz CT molecular complexity index is 961. The van der Waals surface area contributed by atoms with Crippen LogP contribution < -0.4 is 11.0 Å². The first-order valence-electron chi connectivity index (χ1n) is 7.08. The lowest BCUT2D eigenvalue weighted by Crippen LogP contribution is -2.18. The third-order valence-corrected chi connectivity index (χ3v) is 3.31. The Morgan fingerprint density at radius 3 is 2.36 bits per heavy atom. The largest absolute Gasteiger partial charge is 0.418 e. The maximum Gasteiger partial charge on any atom is 0.418 e. The second-order valence-corrected chi connectivity index (χ2v) is 5.02. The Balaban J connectivity index is 1.90. The highest BCUT2D eigenvalue weighted by atomic mass is 19.4. The first kappa shape index (κ1) is 16.5. The standard InChI is InChI=1S/C16H11F3N4O2/c17-16(18,19)11-8-4-5-9-12(11)20-14(24)13-21-15(25)23(22-13)10-6-2-1-3-7-10/h1-9H,(H,20,24)(H,21,22,25). The number of hydrogen-bond donors (Lipinski definition) is 2. The van der Waals surface area contributed by atoms with E-state index in [0.717, 1.165) is 16.8 Å². The number of nitrogens with one attached hydrogen (secondary N) is 2. The molecule has 0 saturated carbocycles. The fourth-order valence-corrected chi connectivity index (χ4v) is 2.19. The van der Waals surface area contributed by atoms with Gasteiger partial charge in [0, 0.05) is 0 Å². The van der Waals surface area contributed by atoms with Gasteiger partial charge in [0.1, 0.15) is 0 Å². The molecule has 0 radical (unpaired) electrons. The molecular weight excluding hydrogens is 337 g/mol. The van der Waals surface area contributed by atoms with Gasteiger partial charge >= 0.3 is 11.9 Å². The summed E-state index contributed by atoms with van der Waals surface area (Å²) in [6.07, 6.45) is -4.62. The molecular formula is C16H11F3N4O2. The van der Waals surface area contributed by atoms with Crippen LogP contribution in [0.4, 0.5) is 18.9 Å². The van der Waals surface area contributed by atoms with Crippen LogP contribution in [0.5, 0.6) is 0 Å². The maximum atomic E-state index is 13.0. The van der Waals surface area contributed by atoms with E-state index in [1.54, 1.807) is 30.3 Å². The highest BCUT2D eigenvalue weighted by molar-refractivity contribution is 6.02. The van der Waals surface area contributed by atoms with Gasteiger partial charge in [0.05, 0.1) is 16.9 Å². The van der Waals surface area contributed by atoms with Gasteiger partial charge in [0.2, 0.25) is 5.82 Å². The predicted octanol–water partition coefficient (Wildman–Crippen LogP) is 2.83. The van der Waals surface area contributed by atoms with Crippen LogP contribution in [0.15, 0.2) is 59.4 Å². The van der Waals surface area contributed by atoms with E-state index < -0.39 is 34.8 Å². The van der Waals surface area contributed by atoms with Crippen LogP contribution in [-0.4, -0.2) is 20.7 Å². The number of para-hydroxylation sites is 2. The molecule has 0 unspecified atom stereocenters. The second kappa shape index (κ2) is 6.27. The second-order valence-electron chi connectivity index (χ2n) is 5.02. The van der Waals surface area contributed by atoms with Crippen LogP contribution >= 0.6 is 0 Å². The summed E-state index contributed by atoms with van der Waals surface area (Å²) in [5.74, 6) is -1.35. The first-order chi connectivity index (χ1) is 11.9. The van der Waals surface area contributed by atoms with Gasteiger partial charge in [-0.2, -0.15) is 17.9 Å². The van der Waals surface area contributed by atoms with Crippen molar-refractivity contribution in [2.45, 2.75) is 6.18 Å². The highest BCUT2D eigenvalue weighted by Crippen LogP contribution is 2.34. The fraction of sp³-hybridized carbons (Fsp3) is 0.0625. The molecule has 0 bridgehead atoms. The Morgan fingerprint density at radius 1 is 1.04 bits per heavy atom. The molecule has 2 aromatic carbocycles. The molecule has 0 aliphatic carbocycles. The maximum absolute atomic E-state index is 13.0. The number of benzene rings is 2. The van der Waals surface area contributed by atoms with Crippen molar-refractivity contribution in [2.75, 3.05) is 5.32 Å². The number of aromatic nitrogens is 3. The van der Waals surface area contributed by atoms with Crippen molar-refractivity contribution in [3.8, 4) is 5.69 Å². The summed E-state index contributed by atoms with van der Waals surface area (Å²) in [4.78, 5) is 26.3. The highest BCUT2D eigenvalue weighted by Gasteiger charge is 2.33. The summed E-state index contributed by atoms with van der Waals surface area (Å²) in [5.41, 5.74) is -1.68. The summed E-state index contributed by atoms with van der Waals surface area (Å²) in [6.45, 7) is 0. The SMILES string of the molecule is O=C(Nc1ccccc1C(F)(F)F)c1nn(-c2ccccc2)c(=O)[nH]1. The fourth-order valence-electron chi connectivity index (χ4n) is 2.19. The van der Waals surface area contributed by atoms with Crippen LogP contribution in [-0.2, 0) is 6.18 Å². The number of nitrogens with zero attached hydrogens (tertiary/aromatic N) is 2. The van der Waals surface area contributed by atoms with E-state index in [4.69, 9.17) is 0 Å². The molecule has 1 amide bonds. The summed E-state index contributed by atoms with van der Waals surface area (Å²) in [5, 5.41) is 5.94. The summed E-state index contributed by atoms with van der Waals surface area (Å²) >= 11 is 0. The van der Waals surface area contributed by atoms with E-state index >= 15 is 0 Å². The molecule has 6 nitrogen and oxygen atoms in total. The Morgan fingerprint density at radius 2 is 1.68 bits per heavy atom. The van der Waals surface area contributed by atoms with E-state index in [1.807, 2.05) is 0 Å². The van der Waals surface area contributed by atoms with E-state index in [-0.39, 0.29) is 0 Å². The molecule has 0 spiro atoms. The number of carbonyl (C=O) groups is 1. The normalized spacial score (nSPS) is 11.3. The van der Waals surface area contributed by atoms with Crippen LogP contribution in [0, 0.1) is 0 Å². The van der Waals surface area contributed by atoms with Crippen LogP contribution in [0.2, 0.25) is 0 Å². The van der Waals surface area contributed by atoms with Crippen molar-refractivity contribution < 1.29 is 18.0 Å². The van der Waals surface area contributed by atoms with E-state index in [1.165, 1.54) is 12.1 Å². The Kier molecular flexibility index (Phi) is 4.14. The van der Waals surface area contributed by atoms with Crippen molar-refractivity contribution in [3.05, 3.63) is 76.5 Å². The van der Waals surface area contributed by atoms with Crippen molar-refractivity contribution in [1.82, 2.24) is 14.8 Å². The number of carbonyl (C=O) groups excluding carboxylic acids is 1. The van der Waals surface area contributed by atoms with Gasteiger partial charge in [0.25, 0.3) is 5.91 Å². The third kappa shape index (κ3) is 3.44. The Hall–Kier alpha value is -3.36. The first-order valence-corrected chi connectivity index (χ1v) is 7.08. The third-order valence-electron chi connectivity index (χ3n) is 3.31. The topological polar surface area (TPSA) is 79.8 Å². The summed E-state index contributed by atoms with van der Waals surface area (Å²) < 4.78 is 39.8. The molecule has 0 atom stereocenters. The minimum absolute atomic E-state index is 0.397. The summed E-state index contributed by atoms with van der Waals surface area (Å²) in [6, 6.07) is 12.8. The molecule has 1 heterocycles. The van der Waals surface area contributed by atoms with Crippen molar-refractivity contribution in [1.29, 1.82) is 0 Å². The van der Waals surface area contributed by atoms with Crippen LogP contribution in [0.1, 0.15) is 16.2 Å². The number of halogens is 3. The van der Waals surface area contributed by atoms with E-state index in [0.29, 0.717) is 5.69 Å². The van der Waals surface area contributed by atoms with Gasteiger partial charge < -0.3 is 5.32 Å². The zero-order valence-corrected chi connectivity index (χ0v) is 12.5. The molecule has 128 valence electrons. The minimum atomic E-state index is -4.62. The zero-order chi connectivity index (χ0) is 18.0. The lowest BCUT2D eigenvalue weighted by atomic mass is 10.1. The van der Waals surface area contributed by atoms with Crippen molar-refractivity contribution >= 4 is 11.6 Å². The van der Waals surface area contributed by atoms with Crippen LogP contribution in [0.25, 0.3) is 5.69 Å². The molecule has 3 rings (SSSR count). The molecule has 9 heteroatoms. The number of anilines is 1. The lowest BCUT2D eigenvalue weighted by Gasteiger charge is -2.12. The quantitative estimate of drug-likeness (QED) is 0.764. The van der Waals surface area contributed by atoms with E-state index in [2.05, 4.69) is 15.4 Å². The average Bonchev–Trinajstić information content (AvgIpc) is 2.97. The monoisotopic (exact) mass is 348 g/mol. The molecule has 0 aliphatic heterocycles. The number of rotatable bonds is 3. The van der Waals surface area contributed by atoms with E-state index in [9.17, 15) is 22.8 Å². The summed E-state index contributed by atoms with van der Waals surface area (Å²) in [7, 11) is 0. The van der Waals surface area contributed by atoms with Gasteiger partial charge in [-0.15, -0.1) is 5.10 Å². The number of H-pyrrole nitrogens is 1. The van der Waals surface area contributed by atoms with Crippen molar-refractivity contribution in [2.24, 2.45) is 0 Å². The molecule has 1 aromatic heterocycles. The molecule has 3 aromatic rings. The van der Waals surface area contributed by atoms with Gasteiger partial charge in [-0.05, 0) is 24.3 Å². The van der Waals surface area contributed by atoms with Crippen LogP contribution in [0.3, 0.4) is 0 Å². The van der Waals surface area contributed by atoms with Gasteiger partial charge in [-0.25, -0.2) is 4.79 Å². The minimum Gasteiger partial charge on any atom is -0.319 e. The van der Waals surface area contributed by atoms with Gasteiger partial charge in [-0.3, -0.25) is 9.78 Å². The molecule has 25 heavy (non-hydrogen) atoms.